The van der Waals surface area contributed by atoms with Crippen LogP contribution in [0.3, 0.4) is 0 Å². The zero-order valence-corrected chi connectivity index (χ0v) is 10.9. The molecule has 4 atom stereocenters. The van der Waals surface area contributed by atoms with Crippen molar-refractivity contribution in [1.82, 2.24) is 0 Å². The van der Waals surface area contributed by atoms with Gasteiger partial charge < -0.3 is 24.1 Å². The van der Waals surface area contributed by atoms with Crippen molar-refractivity contribution in [3.8, 4) is 0 Å². The van der Waals surface area contributed by atoms with Gasteiger partial charge in [0, 0.05) is 27.1 Å². The molecule has 5 nitrogen and oxygen atoms in total. The van der Waals surface area contributed by atoms with Crippen LogP contribution in [0.1, 0.15) is 26.7 Å². The lowest BCUT2D eigenvalue weighted by Gasteiger charge is -2.43. The lowest BCUT2D eigenvalue weighted by Crippen LogP contribution is -2.55. The molecule has 0 radical (unpaired) electrons. The second-order valence-corrected chi connectivity index (χ2v) is 5.42. The normalized spacial score (nSPS) is 45.4. The number of aliphatic hydroxyl groups excluding tert-OH is 1. The monoisotopic (exact) mass is 246 g/mol. The largest absolute Gasteiger partial charge is 0.390 e. The number of hydrogen-bond donors (Lipinski definition) is 1. The smallest absolute Gasteiger partial charge is 0.163 e. The zero-order valence-electron chi connectivity index (χ0n) is 10.9. The number of rotatable bonds is 2. The van der Waals surface area contributed by atoms with Gasteiger partial charge in [0.1, 0.15) is 11.7 Å². The summed E-state index contributed by atoms with van der Waals surface area (Å²) in [6.45, 7) is 4.27. The summed E-state index contributed by atoms with van der Waals surface area (Å²) in [4.78, 5) is 0. The van der Waals surface area contributed by atoms with Gasteiger partial charge in [-0.15, -0.1) is 0 Å². The maximum atomic E-state index is 10.1. The van der Waals surface area contributed by atoms with Crippen LogP contribution in [0.4, 0.5) is 0 Å². The molecule has 0 unspecified atom stereocenters. The second-order valence-electron chi connectivity index (χ2n) is 5.42. The van der Waals surface area contributed by atoms with Crippen LogP contribution in [0.2, 0.25) is 0 Å². The predicted octanol–water partition coefficient (Wildman–Crippen LogP) is 0.693. The minimum Gasteiger partial charge on any atom is -0.390 e. The first-order valence-electron chi connectivity index (χ1n) is 5.99. The van der Waals surface area contributed by atoms with Gasteiger partial charge in [-0.3, -0.25) is 0 Å². The van der Waals surface area contributed by atoms with Crippen LogP contribution in [0, 0.1) is 0 Å². The minimum absolute atomic E-state index is 0.166. The Morgan fingerprint density at radius 1 is 1.18 bits per heavy atom. The van der Waals surface area contributed by atoms with E-state index in [0.29, 0.717) is 19.4 Å². The van der Waals surface area contributed by atoms with Crippen LogP contribution in [0.25, 0.3) is 0 Å². The van der Waals surface area contributed by atoms with Crippen molar-refractivity contribution < 1.29 is 24.1 Å². The Bertz CT molecular complexity index is 280. The number of methoxy groups -OCH3 is 2. The zero-order chi connectivity index (χ0) is 12.7. The van der Waals surface area contributed by atoms with Crippen LogP contribution in [-0.2, 0) is 18.9 Å². The molecule has 0 bridgehead atoms. The third-order valence-electron chi connectivity index (χ3n) is 3.62. The highest BCUT2D eigenvalue weighted by atomic mass is 16.8. The minimum atomic E-state index is -0.587. The molecule has 0 amide bonds. The van der Waals surface area contributed by atoms with Crippen molar-refractivity contribution in [2.75, 3.05) is 20.8 Å². The summed E-state index contributed by atoms with van der Waals surface area (Å²) in [5, 5.41) is 10.1. The molecule has 100 valence electrons. The number of aliphatic hydroxyl groups is 1. The summed E-state index contributed by atoms with van der Waals surface area (Å²) < 4.78 is 22.3. The Kier molecular flexibility index (Phi) is 3.49. The number of ether oxygens (including phenoxy) is 4. The third kappa shape index (κ3) is 2.48. The van der Waals surface area contributed by atoms with Gasteiger partial charge in [-0.05, 0) is 13.8 Å². The van der Waals surface area contributed by atoms with E-state index in [1.54, 1.807) is 14.2 Å². The van der Waals surface area contributed by atoms with Crippen molar-refractivity contribution in [3.63, 3.8) is 0 Å². The summed E-state index contributed by atoms with van der Waals surface area (Å²) >= 11 is 0. The Morgan fingerprint density at radius 2 is 1.88 bits per heavy atom. The molecule has 2 aliphatic rings. The summed E-state index contributed by atoms with van der Waals surface area (Å²) in [6, 6.07) is 0. The van der Waals surface area contributed by atoms with Crippen LogP contribution in [-0.4, -0.2) is 55.6 Å². The summed E-state index contributed by atoms with van der Waals surface area (Å²) in [6.07, 6.45) is 0.160. The van der Waals surface area contributed by atoms with Gasteiger partial charge >= 0.3 is 0 Å². The highest BCUT2D eigenvalue weighted by Crippen LogP contribution is 2.42. The fraction of sp³-hybridized carbons (Fsp3) is 1.00. The Morgan fingerprint density at radius 3 is 2.35 bits per heavy atom. The van der Waals surface area contributed by atoms with Crippen molar-refractivity contribution >= 4 is 0 Å². The molecule has 17 heavy (non-hydrogen) atoms. The number of hydrogen-bond acceptors (Lipinski definition) is 5. The molecule has 5 heteroatoms. The maximum Gasteiger partial charge on any atom is 0.163 e. The van der Waals surface area contributed by atoms with Gasteiger partial charge in [0.05, 0.1) is 18.8 Å². The van der Waals surface area contributed by atoms with Crippen LogP contribution < -0.4 is 0 Å². The van der Waals surface area contributed by atoms with Crippen LogP contribution in [0.5, 0.6) is 0 Å². The second kappa shape index (κ2) is 4.48. The first-order chi connectivity index (χ1) is 7.91. The van der Waals surface area contributed by atoms with Gasteiger partial charge in [0.25, 0.3) is 0 Å². The predicted molar refractivity (Wildman–Crippen MR) is 60.7 cm³/mol. The standard InChI is InChI=1S/C12H22O5/c1-11(2)16-7-12(17-11)5-8(13)10(15-4)9(6-12)14-3/h8-10,13H,5-7H2,1-4H3/t8-,9-,10+,12-/m1/s1. The van der Waals surface area contributed by atoms with Gasteiger partial charge in [0.2, 0.25) is 0 Å². The topological polar surface area (TPSA) is 57.2 Å². The van der Waals surface area contributed by atoms with E-state index in [-0.39, 0.29) is 12.2 Å². The van der Waals surface area contributed by atoms with Crippen molar-refractivity contribution in [3.05, 3.63) is 0 Å². The van der Waals surface area contributed by atoms with E-state index >= 15 is 0 Å². The quantitative estimate of drug-likeness (QED) is 0.777. The van der Waals surface area contributed by atoms with Crippen LogP contribution >= 0.6 is 0 Å². The van der Waals surface area contributed by atoms with Gasteiger partial charge in [-0.2, -0.15) is 0 Å². The Hall–Kier alpha value is -0.200. The fourth-order valence-corrected chi connectivity index (χ4v) is 2.92. The van der Waals surface area contributed by atoms with E-state index in [1.165, 1.54) is 0 Å². The molecule has 1 spiro atoms. The average molecular weight is 246 g/mol. The molecule has 1 saturated heterocycles. The van der Waals surface area contributed by atoms with E-state index in [2.05, 4.69) is 0 Å². The molecule has 0 aromatic rings. The molecule has 1 aliphatic carbocycles. The lowest BCUT2D eigenvalue weighted by atomic mass is 9.80. The molecule has 2 fully saturated rings. The molecule has 2 rings (SSSR count). The molecule has 0 aromatic carbocycles. The first kappa shape index (κ1) is 13.2. The third-order valence-corrected chi connectivity index (χ3v) is 3.62. The Balaban J connectivity index is 2.13. The molecule has 0 aromatic heterocycles. The van der Waals surface area contributed by atoms with Crippen LogP contribution in [0.15, 0.2) is 0 Å². The van der Waals surface area contributed by atoms with Crippen molar-refractivity contribution in [1.29, 1.82) is 0 Å². The molecule has 1 aliphatic heterocycles. The van der Waals surface area contributed by atoms with Crippen molar-refractivity contribution in [2.24, 2.45) is 0 Å². The molecular formula is C12H22O5. The summed E-state index contributed by atoms with van der Waals surface area (Å²) in [5.74, 6) is -0.585. The average Bonchev–Trinajstić information content (AvgIpc) is 2.53. The highest BCUT2D eigenvalue weighted by Gasteiger charge is 2.53. The van der Waals surface area contributed by atoms with E-state index < -0.39 is 17.5 Å². The molecular weight excluding hydrogens is 224 g/mol. The van der Waals surface area contributed by atoms with Gasteiger partial charge in [0.15, 0.2) is 5.79 Å². The van der Waals surface area contributed by atoms with Crippen molar-refractivity contribution in [2.45, 2.75) is 56.4 Å². The van der Waals surface area contributed by atoms with E-state index in [9.17, 15) is 5.11 Å². The van der Waals surface area contributed by atoms with Gasteiger partial charge in [-0.25, -0.2) is 0 Å². The molecule has 1 saturated carbocycles. The van der Waals surface area contributed by atoms with Gasteiger partial charge in [-0.1, -0.05) is 0 Å². The lowest BCUT2D eigenvalue weighted by molar-refractivity contribution is -0.209. The molecule has 1 heterocycles. The SMILES string of the molecule is CO[C@H]1[C@H](O)C[C@]2(COC(C)(C)O2)C[C@H]1OC. The Labute approximate surface area is 102 Å². The fourth-order valence-electron chi connectivity index (χ4n) is 2.92. The molecule has 1 N–H and O–H groups in total. The van der Waals surface area contributed by atoms with E-state index in [1.807, 2.05) is 13.8 Å². The summed E-state index contributed by atoms with van der Waals surface area (Å²) in [7, 11) is 3.22. The maximum absolute atomic E-state index is 10.1. The van der Waals surface area contributed by atoms with E-state index in [0.717, 1.165) is 0 Å². The first-order valence-corrected chi connectivity index (χ1v) is 5.99. The van der Waals surface area contributed by atoms with E-state index in [4.69, 9.17) is 18.9 Å². The summed E-state index contributed by atoms with van der Waals surface area (Å²) in [5.41, 5.74) is -0.446. The highest BCUT2D eigenvalue weighted by molar-refractivity contribution is 5.01.